The number of hydrogen-bond acceptors (Lipinski definition) is 7. The molecule has 0 aliphatic carbocycles. The van der Waals surface area contributed by atoms with Crippen molar-refractivity contribution in [2.45, 2.75) is 18.4 Å². The first-order valence-electron chi connectivity index (χ1n) is 11.9. The lowest BCUT2D eigenvalue weighted by Crippen LogP contribution is -2.23. The molecule has 3 aromatic carbocycles. The average molecular weight is 597 g/mol. The summed E-state index contributed by atoms with van der Waals surface area (Å²) >= 11 is 6.24. The Labute approximate surface area is 237 Å². The molecule has 208 valence electrons. The molecule has 1 amide bonds. The Bertz CT molecular complexity index is 1900. The largest absolute Gasteiger partial charge is 0.443 e. The van der Waals surface area contributed by atoms with E-state index >= 15 is 0 Å². The molecule has 0 unspecified atom stereocenters. The highest BCUT2D eigenvalue weighted by molar-refractivity contribution is 7.90. The predicted molar refractivity (Wildman–Crippen MR) is 146 cm³/mol. The molecule has 0 bridgehead atoms. The third kappa shape index (κ3) is 5.39. The molecule has 2 heterocycles. The van der Waals surface area contributed by atoms with Crippen molar-refractivity contribution in [3.05, 3.63) is 119 Å². The third-order valence-corrected chi connectivity index (χ3v) is 8.07. The van der Waals surface area contributed by atoms with Gasteiger partial charge in [-0.2, -0.15) is 0 Å². The highest BCUT2D eigenvalue weighted by Gasteiger charge is 2.29. The molecule has 0 spiro atoms. The first kappa shape index (κ1) is 27.9. The second-order valence-corrected chi connectivity index (χ2v) is 11.0. The maximum atomic E-state index is 14.9. The summed E-state index contributed by atoms with van der Waals surface area (Å²) in [5.74, 6) is -2.10. The van der Waals surface area contributed by atoms with Crippen molar-refractivity contribution < 1.29 is 31.6 Å². The van der Waals surface area contributed by atoms with Crippen molar-refractivity contribution in [1.29, 1.82) is 0 Å². The number of fused-ring (bicyclic) bond motifs is 1. The van der Waals surface area contributed by atoms with Gasteiger partial charge in [0.1, 0.15) is 23.9 Å². The van der Waals surface area contributed by atoms with Crippen molar-refractivity contribution in [3.63, 3.8) is 0 Å². The van der Waals surface area contributed by atoms with Crippen LogP contribution in [0.15, 0.2) is 90.2 Å². The monoisotopic (exact) mass is 596 g/mol. The van der Waals surface area contributed by atoms with Gasteiger partial charge < -0.3 is 4.74 Å². The number of aromatic nitrogens is 3. The smallest absolute Gasteiger partial charge is 0.443 e. The second kappa shape index (κ2) is 11.1. The average Bonchev–Trinajstić information content (AvgIpc) is 3.38. The maximum absolute atomic E-state index is 14.9. The normalized spacial score (nSPS) is 11.4. The van der Waals surface area contributed by atoms with E-state index in [9.17, 15) is 26.9 Å². The molecule has 5 aromatic rings. The third-order valence-electron chi connectivity index (χ3n) is 6.11. The Morgan fingerprint density at radius 1 is 1.00 bits per heavy atom. The Hall–Kier alpha value is -4.68. The quantitative estimate of drug-likeness (QED) is 0.128. The van der Waals surface area contributed by atoms with E-state index in [0.29, 0.717) is 5.56 Å². The van der Waals surface area contributed by atoms with E-state index in [1.54, 1.807) is 49.4 Å². The van der Waals surface area contributed by atoms with Gasteiger partial charge in [-0.3, -0.25) is 4.79 Å². The molecule has 0 radical (unpaired) electrons. The van der Waals surface area contributed by atoms with Crippen molar-refractivity contribution in [2.75, 3.05) is 5.12 Å². The molecule has 0 atom stereocenters. The summed E-state index contributed by atoms with van der Waals surface area (Å²) in [5.41, 5.74) is -0.292. The molecule has 0 aliphatic rings. The van der Waals surface area contributed by atoms with Crippen molar-refractivity contribution in [3.8, 4) is 0 Å². The number of rotatable bonds is 7. The van der Waals surface area contributed by atoms with E-state index in [2.05, 4.69) is 9.97 Å². The van der Waals surface area contributed by atoms with Gasteiger partial charge in [-0.15, -0.1) is 5.12 Å². The van der Waals surface area contributed by atoms with E-state index in [4.69, 9.17) is 16.3 Å². The summed E-state index contributed by atoms with van der Waals surface area (Å²) in [4.78, 5) is 33.6. The number of benzene rings is 3. The van der Waals surface area contributed by atoms with Crippen LogP contribution in [0.25, 0.3) is 11.0 Å². The fourth-order valence-electron chi connectivity index (χ4n) is 4.01. The first-order valence-corrected chi connectivity index (χ1v) is 13.7. The van der Waals surface area contributed by atoms with Gasteiger partial charge in [0.2, 0.25) is 0 Å². The molecular weight excluding hydrogens is 578 g/mol. The van der Waals surface area contributed by atoms with Crippen molar-refractivity contribution in [1.82, 2.24) is 13.9 Å². The standard InChI is InChI=1S/C28H19ClF2N4O5S/c1-17-7-10-20(11-8-17)41(38,39)34-14-22(24-26(29)32-16-33-27(24)34)25(36)21-13-19(9-12-23(21)30)35(31)28(37)40-15-18-5-3-2-4-6-18/h2-14,16H,15H2,1H3. The number of anilines is 1. The summed E-state index contributed by atoms with van der Waals surface area (Å²) in [7, 11) is -4.27. The molecule has 13 heteroatoms. The Kier molecular flexibility index (Phi) is 7.52. The lowest BCUT2D eigenvalue weighted by atomic mass is 10.0. The number of ether oxygens (including phenoxy) is 1. The number of carbonyl (C=O) groups excluding carboxylic acids is 2. The minimum absolute atomic E-state index is 0.0935. The number of amides is 1. The van der Waals surface area contributed by atoms with E-state index in [1.807, 2.05) is 0 Å². The molecule has 0 fully saturated rings. The number of hydrogen-bond donors (Lipinski definition) is 0. The molecule has 9 nitrogen and oxygen atoms in total. The van der Waals surface area contributed by atoms with Gasteiger partial charge in [-0.25, -0.2) is 31.5 Å². The zero-order chi connectivity index (χ0) is 29.3. The highest BCUT2D eigenvalue weighted by atomic mass is 35.5. The van der Waals surface area contributed by atoms with Crippen LogP contribution in [0.4, 0.5) is 19.4 Å². The van der Waals surface area contributed by atoms with Gasteiger partial charge in [0.15, 0.2) is 11.4 Å². The summed E-state index contributed by atoms with van der Waals surface area (Å²) in [6.07, 6.45) is 0.579. The SMILES string of the molecule is Cc1ccc(S(=O)(=O)n2cc(C(=O)c3cc(N(F)C(=O)OCc4ccccc4)ccc3F)c3c(Cl)ncnc32)cc1. The molecule has 0 N–H and O–H groups in total. The summed E-state index contributed by atoms with van der Waals surface area (Å²) < 4.78 is 62.4. The Balaban J connectivity index is 1.52. The molecule has 5 rings (SSSR count). The van der Waals surface area contributed by atoms with Gasteiger partial charge in [0, 0.05) is 6.20 Å². The molecule has 2 aromatic heterocycles. The molecule has 0 aliphatic heterocycles. The van der Waals surface area contributed by atoms with Gasteiger partial charge in [0.05, 0.1) is 27.1 Å². The molecule has 0 saturated heterocycles. The van der Waals surface area contributed by atoms with Crippen LogP contribution in [0.2, 0.25) is 5.15 Å². The van der Waals surface area contributed by atoms with E-state index in [1.165, 1.54) is 12.1 Å². The summed E-state index contributed by atoms with van der Waals surface area (Å²) in [5, 5.41) is -0.788. The maximum Gasteiger partial charge on any atom is 0.443 e. The topological polar surface area (TPSA) is 111 Å². The number of ketones is 1. The molecular formula is C28H19ClF2N4O5S. The lowest BCUT2D eigenvalue weighted by molar-refractivity contribution is 0.103. The van der Waals surface area contributed by atoms with Crippen LogP contribution in [-0.4, -0.2) is 34.2 Å². The van der Waals surface area contributed by atoms with E-state index in [-0.39, 0.29) is 38.4 Å². The van der Waals surface area contributed by atoms with Crippen LogP contribution in [0.3, 0.4) is 0 Å². The summed E-state index contributed by atoms with van der Waals surface area (Å²) in [6, 6.07) is 17.1. The van der Waals surface area contributed by atoms with Crippen LogP contribution < -0.4 is 5.12 Å². The van der Waals surface area contributed by atoms with Gasteiger partial charge in [-0.05, 0) is 42.8 Å². The second-order valence-electron chi connectivity index (χ2n) is 8.83. The Morgan fingerprint density at radius 3 is 2.41 bits per heavy atom. The van der Waals surface area contributed by atoms with Gasteiger partial charge >= 0.3 is 6.09 Å². The minimum Gasteiger partial charge on any atom is -0.443 e. The van der Waals surface area contributed by atoms with Crippen LogP contribution >= 0.6 is 11.6 Å². The van der Waals surface area contributed by atoms with Crippen LogP contribution in [0, 0.1) is 12.7 Å². The fourth-order valence-corrected chi connectivity index (χ4v) is 5.56. The number of aryl methyl sites for hydroxylation is 1. The predicted octanol–water partition coefficient (Wildman–Crippen LogP) is 6.03. The number of nitrogens with zero attached hydrogens (tertiary/aromatic N) is 4. The first-order chi connectivity index (χ1) is 19.6. The highest BCUT2D eigenvalue weighted by Crippen LogP contribution is 2.32. The van der Waals surface area contributed by atoms with E-state index in [0.717, 1.165) is 40.3 Å². The lowest BCUT2D eigenvalue weighted by Gasteiger charge is -2.13. The summed E-state index contributed by atoms with van der Waals surface area (Å²) in [6.45, 7) is 1.57. The number of halogens is 3. The van der Waals surface area contributed by atoms with Gasteiger partial charge in [0.25, 0.3) is 10.0 Å². The molecule has 41 heavy (non-hydrogen) atoms. The number of carbonyl (C=O) groups is 2. The van der Waals surface area contributed by atoms with Crippen LogP contribution in [0.5, 0.6) is 0 Å². The van der Waals surface area contributed by atoms with Crippen molar-refractivity contribution >= 4 is 50.2 Å². The van der Waals surface area contributed by atoms with Gasteiger partial charge in [-0.1, -0.05) is 64.1 Å². The zero-order valence-electron chi connectivity index (χ0n) is 21.2. The zero-order valence-corrected chi connectivity index (χ0v) is 22.7. The Morgan fingerprint density at radius 2 is 1.71 bits per heavy atom. The minimum atomic E-state index is -4.27. The van der Waals surface area contributed by atoms with Crippen LogP contribution in [-0.2, 0) is 21.4 Å². The van der Waals surface area contributed by atoms with Crippen LogP contribution in [0.1, 0.15) is 27.0 Å². The molecule has 0 saturated carbocycles. The van der Waals surface area contributed by atoms with E-state index < -0.39 is 39.0 Å². The fraction of sp³-hybridized carbons (Fsp3) is 0.0714. The van der Waals surface area contributed by atoms with Crippen molar-refractivity contribution in [2.24, 2.45) is 0 Å².